The Morgan fingerprint density at radius 1 is 1.17 bits per heavy atom. The van der Waals surface area contributed by atoms with Gasteiger partial charge in [-0.3, -0.25) is 0 Å². The summed E-state index contributed by atoms with van der Waals surface area (Å²) in [5.41, 5.74) is 8.23. The van der Waals surface area contributed by atoms with Crippen LogP contribution in [0.3, 0.4) is 0 Å². The molecule has 0 saturated carbocycles. The zero-order valence-electron chi connectivity index (χ0n) is 9.75. The summed E-state index contributed by atoms with van der Waals surface area (Å²) in [6.45, 7) is 1.90. The summed E-state index contributed by atoms with van der Waals surface area (Å²) in [7, 11) is 0. The second kappa shape index (κ2) is 5.39. The van der Waals surface area contributed by atoms with Gasteiger partial charge in [0.15, 0.2) is 0 Å². The number of aryl methyl sites for hydroxylation is 1. The Kier molecular flexibility index (Phi) is 4.05. The minimum absolute atomic E-state index is 0.316. The van der Waals surface area contributed by atoms with Crippen LogP contribution in [-0.4, -0.2) is 0 Å². The topological polar surface area (TPSA) is 26.0 Å². The van der Waals surface area contributed by atoms with Crippen molar-refractivity contribution >= 4 is 27.5 Å². The van der Waals surface area contributed by atoms with Crippen molar-refractivity contribution in [2.75, 3.05) is 0 Å². The fourth-order valence-electron chi connectivity index (χ4n) is 1.82. The third kappa shape index (κ3) is 2.74. The molecule has 2 aromatic carbocycles. The number of halogens is 3. The normalized spacial score (nSPS) is 12.5. The van der Waals surface area contributed by atoms with Crippen molar-refractivity contribution in [3.8, 4) is 0 Å². The van der Waals surface area contributed by atoms with Crippen molar-refractivity contribution in [1.29, 1.82) is 0 Å². The van der Waals surface area contributed by atoms with E-state index in [-0.39, 0.29) is 5.82 Å². The third-order valence-corrected chi connectivity index (χ3v) is 3.62. The molecule has 18 heavy (non-hydrogen) atoms. The molecular weight excluding hydrogens is 317 g/mol. The summed E-state index contributed by atoms with van der Waals surface area (Å²) in [5, 5.41) is 0.534. The van der Waals surface area contributed by atoms with Gasteiger partial charge in [0.2, 0.25) is 0 Å². The lowest BCUT2D eigenvalue weighted by Gasteiger charge is -2.16. The molecule has 0 fully saturated rings. The Hall–Kier alpha value is -0.900. The van der Waals surface area contributed by atoms with Crippen molar-refractivity contribution in [3.05, 3.63) is 68.4 Å². The second-order valence-corrected chi connectivity index (χ2v) is 5.49. The van der Waals surface area contributed by atoms with Crippen LogP contribution in [0.15, 0.2) is 40.9 Å². The van der Waals surface area contributed by atoms with Gasteiger partial charge in [0.1, 0.15) is 5.82 Å². The van der Waals surface area contributed by atoms with E-state index in [1.807, 2.05) is 19.1 Å². The average molecular weight is 329 g/mol. The van der Waals surface area contributed by atoms with Gasteiger partial charge in [0.05, 0.1) is 6.04 Å². The molecule has 94 valence electrons. The predicted octanol–water partition coefficient (Wildman–Crippen LogP) is 4.60. The van der Waals surface area contributed by atoms with Gasteiger partial charge in [-0.05, 0) is 36.8 Å². The Labute approximate surface area is 119 Å². The summed E-state index contributed by atoms with van der Waals surface area (Å²) < 4.78 is 14.7. The first-order valence-electron chi connectivity index (χ1n) is 5.45. The zero-order chi connectivity index (χ0) is 13.3. The molecule has 1 nitrogen and oxygen atoms in total. The van der Waals surface area contributed by atoms with E-state index in [4.69, 9.17) is 17.3 Å². The molecule has 0 amide bonds. The van der Waals surface area contributed by atoms with Gasteiger partial charge in [-0.15, -0.1) is 0 Å². The Morgan fingerprint density at radius 3 is 2.61 bits per heavy atom. The quantitative estimate of drug-likeness (QED) is 0.856. The zero-order valence-corrected chi connectivity index (χ0v) is 12.1. The van der Waals surface area contributed by atoms with E-state index in [2.05, 4.69) is 15.9 Å². The molecule has 0 aliphatic rings. The van der Waals surface area contributed by atoms with Crippen molar-refractivity contribution in [2.24, 2.45) is 5.73 Å². The first kappa shape index (κ1) is 13.5. The van der Waals surface area contributed by atoms with Gasteiger partial charge >= 0.3 is 0 Å². The van der Waals surface area contributed by atoms with Crippen LogP contribution in [0, 0.1) is 12.7 Å². The number of nitrogens with two attached hydrogens (primary N) is 1. The molecule has 1 unspecified atom stereocenters. The van der Waals surface area contributed by atoms with Crippen LogP contribution in [0.25, 0.3) is 0 Å². The van der Waals surface area contributed by atoms with Gasteiger partial charge < -0.3 is 5.73 Å². The summed E-state index contributed by atoms with van der Waals surface area (Å²) in [5.74, 6) is -0.316. The third-order valence-electron chi connectivity index (χ3n) is 2.78. The lowest BCUT2D eigenvalue weighted by Crippen LogP contribution is -2.14. The van der Waals surface area contributed by atoms with Crippen LogP contribution in [0.5, 0.6) is 0 Å². The number of rotatable bonds is 2. The van der Waals surface area contributed by atoms with E-state index in [9.17, 15) is 4.39 Å². The number of benzene rings is 2. The van der Waals surface area contributed by atoms with Crippen LogP contribution in [-0.2, 0) is 0 Å². The SMILES string of the molecule is Cc1ccc(F)c(C(N)c2cc(Br)ccc2Cl)c1. The maximum Gasteiger partial charge on any atom is 0.128 e. The highest BCUT2D eigenvalue weighted by molar-refractivity contribution is 9.10. The lowest BCUT2D eigenvalue weighted by molar-refractivity contribution is 0.599. The van der Waals surface area contributed by atoms with E-state index in [0.29, 0.717) is 16.1 Å². The molecule has 0 bridgehead atoms. The second-order valence-electron chi connectivity index (χ2n) is 4.17. The fraction of sp³-hybridized carbons (Fsp3) is 0.143. The Bertz CT molecular complexity index is 535. The smallest absolute Gasteiger partial charge is 0.128 e. The molecule has 0 radical (unpaired) electrons. The summed E-state index contributed by atoms with van der Waals surface area (Å²) in [4.78, 5) is 0. The van der Waals surface area contributed by atoms with E-state index in [1.165, 1.54) is 6.07 Å². The lowest BCUT2D eigenvalue weighted by atomic mass is 9.97. The maximum atomic E-state index is 13.8. The maximum absolute atomic E-state index is 13.8. The molecule has 0 saturated heterocycles. The van der Waals surface area contributed by atoms with E-state index >= 15 is 0 Å². The molecule has 0 aromatic heterocycles. The minimum atomic E-state index is -0.574. The van der Waals surface area contributed by atoms with Crippen molar-refractivity contribution in [3.63, 3.8) is 0 Å². The van der Waals surface area contributed by atoms with Crippen molar-refractivity contribution < 1.29 is 4.39 Å². The Balaban J connectivity index is 2.50. The van der Waals surface area contributed by atoms with Crippen molar-refractivity contribution in [1.82, 2.24) is 0 Å². The molecule has 0 spiro atoms. The molecule has 0 heterocycles. The van der Waals surface area contributed by atoms with Crippen LogP contribution in [0.2, 0.25) is 5.02 Å². The number of hydrogen-bond acceptors (Lipinski definition) is 1. The van der Waals surface area contributed by atoms with Crippen molar-refractivity contribution in [2.45, 2.75) is 13.0 Å². The highest BCUT2D eigenvalue weighted by Gasteiger charge is 2.16. The van der Waals surface area contributed by atoms with Crippen LogP contribution in [0.1, 0.15) is 22.7 Å². The first-order chi connectivity index (χ1) is 8.49. The molecule has 4 heteroatoms. The van der Waals surface area contributed by atoms with Gasteiger partial charge in [-0.1, -0.05) is 45.2 Å². The largest absolute Gasteiger partial charge is 0.320 e. The molecule has 2 aromatic rings. The van der Waals surface area contributed by atoms with Gasteiger partial charge in [-0.25, -0.2) is 4.39 Å². The van der Waals surface area contributed by atoms with Crippen LogP contribution in [0.4, 0.5) is 4.39 Å². The highest BCUT2D eigenvalue weighted by Crippen LogP contribution is 2.30. The molecule has 0 aliphatic carbocycles. The van der Waals surface area contributed by atoms with Crippen LogP contribution >= 0.6 is 27.5 Å². The average Bonchev–Trinajstić information content (AvgIpc) is 2.34. The van der Waals surface area contributed by atoms with Gasteiger partial charge in [-0.2, -0.15) is 0 Å². The van der Waals surface area contributed by atoms with E-state index in [1.54, 1.807) is 18.2 Å². The van der Waals surface area contributed by atoms with Gasteiger partial charge in [0.25, 0.3) is 0 Å². The predicted molar refractivity (Wildman–Crippen MR) is 76.3 cm³/mol. The molecule has 2 N–H and O–H groups in total. The molecule has 1 atom stereocenters. The Morgan fingerprint density at radius 2 is 1.89 bits per heavy atom. The van der Waals surface area contributed by atoms with E-state index < -0.39 is 6.04 Å². The minimum Gasteiger partial charge on any atom is -0.320 e. The fourth-order valence-corrected chi connectivity index (χ4v) is 2.44. The number of hydrogen-bond donors (Lipinski definition) is 1. The van der Waals surface area contributed by atoms with E-state index in [0.717, 1.165) is 10.0 Å². The molecular formula is C14H12BrClFN. The van der Waals surface area contributed by atoms with Gasteiger partial charge in [0, 0.05) is 15.1 Å². The first-order valence-corrected chi connectivity index (χ1v) is 6.62. The monoisotopic (exact) mass is 327 g/mol. The molecule has 2 rings (SSSR count). The molecule has 0 aliphatic heterocycles. The standard InChI is InChI=1S/C14H12BrClFN/c1-8-2-5-13(17)11(6-8)14(18)10-7-9(15)3-4-12(10)16/h2-7,14H,18H2,1H3. The summed E-state index contributed by atoms with van der Waals surface area (Å²) in [6, 6.07) is 9.70. The summed E-state index contributed by atoms with van der Waals surface area (Å²) >= 11 is 9.47. The summed E-state index contributed by atoms with van der Waals surface area (Å²) in [6.07, 6.45) is 0. The highest BCUT2D eigenvalue weighted by atomic mass is 79.9. The van der Waals surface area contributed by atoms with Crippen LogP contribution < -0.4 is 5.73 Å².